The van der Waals surface area contributed by atoms with Crippen LogP contribution in [0, 0.1) is 10.1 Å². The van der Waals surface area contributed by atoms with Crippen LogP contribution in [0.15, 0.2) is 56.8 Å². The van der Waals surface area contributed by atoms with Gasteiger partial charge >= 0.3 is 5.97 Å². The predicted octanol–water partition coefficient (Wildman–Crippen LogP) is 5.16. The molecule has 37 heavy (non-hydrogen) atoms. The standard InChI is InChI=1S/C25H22N4O7S/c1-2-34-25(31)17-13-22(36-27-17)18-14-37-23(26-18)15-9-11-28(12-10-15)24(30)21-8-7-20(35-21)16-5-3-4-6-19(16)29(32)33/h3-8,13-15H,2,9-12H2,1H3. The van der Waals surface area contributed by atoms with E-state index in [4.69, 9.17) is 13.7 Å². The number of nitro groups is 1. The minimum Gasteiger partial charge on any atom is -0.461 e. The number of rotatable bonds is 7. The second-order valence-corrected chi connectivity index (χ2v) is 9.26. The summed E-state index contributed by atoms with van der Waals surface area (Å²) in [4.78, 5) is 42.1. The lowest BCUT2D eigenvalue weighted by molar-refractivity contribution is -0.384. The summed E-state index contributed by atoms with van der Waals surface area (Å²) < 4.78 is 15.9. The number of esters is 1. The smallest absolute Gasteiger partial charge is 0.360 e. The summed E-state index contributed by atoms with van der Waals surface area (Å²) in [6, 6.07) is 10.9. The van der Waals surface area contributed by atoms with E-state index < -0.39 is 10.9 Å². The van der Waals surface area contributed by atoms with E-state index in [-0.39, 0.29) is 41.3 Å². The molecule has 4 aromatic rings. The molecule has 1 aliphatic heterocycles. The first kappa shape index (κ1) is 24.4. The van der Waals surface area contributed by atoms with Crippen LogP contribution in [-0.2, 0) is 4.74 Å². The second kappa shape index (κ2) is 10.3. The lowest BCUT2D eigenvalue weighted by Gasteiger charge is -2.30. The zero-order chi connectivity index (χ0) is 25.9. The summed E-state index contributed by atoms with van der Waals surface area (Å²) in [5, 5.41) is 17.9. The maximum atomic E-state index is 13.0. The summed E-state index contributed by atoms with van der Waals surface area (Å²) in [6.45, 7) is 3.01. The predicted molar refractivity (Wildman–Crippen MR) is 132 cm³/mol. The van der Waals surface area contributed by atoms with Crippen molar-refractivity contribution in [3.05, 3.63) is 74.4 Å². The highest BCUT2D eigenvalue weighted by molar-refractivity contribution is 7.10. The Balaban J connectivity index is 1.22. The molecule has 3 aromatic heterocycles. The minimum atomic E-state index is -0.546. The Bertz CT molecular complexity index is 1450. The maximum Gasteiger partial charge on any atom is 0.360 e. The van der Waals surface area contributed by atoms with Gasteiger partial charge in [0.1, 0.15) is 11.5 Å². The van der Waals surface area contributed by atoms with Crippen molar-refractivity contribution in [3.63, 3.8) is 0 Å². The number of furan rings is 1. The highest BCUT2D eigenvalue weighted by atomic mass is 32.1. The van der Waals surface area contributed by atoms with Crippen molar-refractivity contribution in [1.82, 2.24) is 15.0 Å². The van der Waals surface area contributed by atoms with Crippen LogP contribution in [-0.4, -0.2) is 51.5 Å². The molecule has 0 bridgehead atoms. The van der Waals surface area contributed by atoms with E-state index in [1.807, 2.05) is 5.38 Å². The Morgan fingerprint density at radius 1 is 1.19 bits per heavy atom. The fraction of sp³-hybridized carbons (Fsp3) is 0.280. The molecule has 0 saturated carbocycles. The van der Waals surface area contributed by atoms with Crippen LogP contribution in [0.3, 0.4) is 0 Å². The fourth-order valence-corrected chi connectivity index (χ4v) is 5.19. The molecule has 1 saturated heterocycles. The van der Waals surface area contributed by atoms with Crippen molar-refractivity contribution >= 4 is 28.9 Å². The number of nitrogens with zero attached hydrogens (tertiary/aromatic N) is 4. The fourth-order valence-electron chi connectivity index (χ4n) is 4.21. The highest BCUT2D eigenvalue weighted by Crippen LogP contribution is 2.35. The average molecular weight is 523 g/mol. The number of thiazole rings is 1. The Morgan fingerprint density at radius 2 is 1.97 bits per heavy atom. The number of hydrogen-bond donors (Lipinski definition) is 0. The lowest BCUT2D eigenvalue weighted by atomic mass is 9.97. The van der Waals surface area contributed by atoms with Gasteiger partial charge in [0.15, 0.2) is 17.2 Å². The quantitative estimate of drug-likeness (QED) is 0.183. The van der Waals surface area contributed by atoms with Gasteiger partial charge in [-0.2, -0.15) is 0 Å². The van der Waals surface area contributed by atoms with Gasteiger partial charge in [-0.3, -0.25) is 14.9 Å². The molecule has 1 aliphatic rings. The first-order valence-electron chi connectivity index (χ1n) is 11.7. The molecule has 1 amide bonds. The number of piperidine rings is 1. The molecule has 11 nitrogen and oxygen atoms in total. The molecule has 0 spiro atoms. The Labute approximate surface area is 214 Å². The van der Waals surface area contributed by atoms with Gasteiger partial charge in [0.25, 0.3) is 11.6 Å². The molecular formula is C25H22N4O7S. The largest absolute Gasteiger partial charge is 0.461 e. The van der Waals surface area contributed by atoms with Gasteiger partial charge in [0.2, 0.25) is 0 Å². The molecule has 12 heteroatoms. The number of hydrogen-bond acceptors (Lipinski definition) is 10. The van der Waals surface area contributed by atoms with E-state index in [9.17, 15) is 19.7 Å². The van der Waals surface area contributed by atoms with Gasteiger partial charge in [-0.05, 0) is 38.0 Å². The third kappa shape index (κ3) is 5.00. The van der Waals surface area contributed by atoms with Crippen LogP contribution in [0.2, 0.25) is 0 Å². The molecule has 1 aromatic carbocycles. The molecule has 190 valence electrons. The number of amides is 1. The number of carbonyl (C=O) groups excluding carboxylic acids is 2. The maximum absolute atomic E-state index is 13.0. The van der Waals surface area contributed by atoms with Crippen LogP contribution < -0.4 is 0 Å². The summed E-state index contributed by atoms with van der Waals surface area (Å²) in [5.41, 5.74) is 0.939. The molecular weight excluding hydrogens is 500 g/mol. The second-order valence-electron chi connectivity index (χ2n) is 8.37. The van der Waals surface area contributed by atoms with Gasteiger partial charge in [-0.25, -0.2) is 9.78 Å². The third-order valence-electron chi connectivity index (χ3n) is 6.08. The number of nitro benzene ring substituents is 1. The first-order chi connectivity index (χ1) is 17.9. The number of ether oxygens (including phenoxy) is 1. The number of carbonyl (C=O) groups is 2. The van der Waals surface area contributed by atoms with Crippen molar-refractivity contribution < 1.29 is 28.2 Å². The van der Waals surface area contributed by atoms with E-state index in [2.05, 4.69) is 10.1 Å². The van der Waals surface area contributed by atoms with Crippen molar-refractivity contribution in [3.8, 4) is 22.8 Å². The Kier molecular flexibility index (Phi) is 6.82. The van der Waals surface area contributed by atoms with Crippen molar-refractivity contribution in [2.45, 2.75) is 25.7 Å². The van der Waals surface area contributed by atoms with E-state index in [0.29, 0.717) is 30.1 Å². The van der Waals surface area contributed by atoms with Crippen LogP contribution >= 0.6 is 11.3 Å². The van der Waals surface area contributed by atoms with Crippen LogP contribution in [0.5, 0.6) is 0 Å². The van der Waals surface area contributed by atoms with Gasteiger partial charge in [0, 0.05) is 36.5 Å². The number of aromatic nitrogens is 2. The Morgan fingerprint density at radius 3 is 2.73 bits per heavy atom. The zero-order valence-electron chi connectivity index (χ0n) is 19.8. The van der Waals surface area contributed by atoms with Crippen LogP contribution in [0.1, 0.15) is 51.7 Å². The molecule has 5 rings (SSSR count). The van der Waals surface area contributed by atoms with Crippen molar-refractivity contribution in [1.29, 1.82) is 0 Å². The normalized spacial score (nSPS) is 14.0. The molecule has 0 N–H and O–H groups in total. The van der Waals surface area contributed by atoms with Gasteiger partial charge < -0.3 is 18.6 Å². The summed E-state index contributed by atoms with van der Waals surface area (Å²) in [5.74, 6) is 0.192. The molecule has 0 atom stereocenters. The highest BCUT2D eigenvalue weighted by Gasteiger charge is 2.29. The van der Waals surface area contributed by atoms with Crippen molar-refractivity contribution in [2.75, 3.05) is 19.7 Å². The van der Waals surface area contributed by atoms with E-state index >= 15 is 0 Å². The summed E-state index contributed by atoms with van der Waals surface area (Å²) in [6.07, 6.45) is 1.45. The van der Waals surface area contributed by atoms with E-state index in [1.54, 1.807) is 42.2 Å². The van der Waals surface area contributed by atoms with Crippen molar-refractivity contribution in [2.24, 2.45) is 0 Å². The van der Waals surface area contributed by atoms with Crippen LogP contribution in [0.25, 0.3) is 22.8 Å². The summed E-state index contributed by atoms with van der Waals surface area (Å²) in [7, 11) is 0. The van der Waals surface area contributed by atoms with Gasteiger partial charge in [0.05, 0.1) is 22.1 Å². The number of para-hydroxylation sites is 1. The third-order valence-corrected chi connectivity index (χ3v) is 7.09. The Hall–Kier alpha value is -4.32. The molecule has 0 aliphatic carbocycles. The monoisotopic (exact) mass is 522 g/mol. The minimum absolute atomic E-state index is 0.0815. The summed E-state index contributed by atoms with van der Waals surface area (Å²) >= 11 is 1.50. The van der Waals surface area contributed by atoms with Gasteiger partial charge in [-0.1, -0.05) is 17.3 Å². The average Bonchev–Trinajstić information content (AvgIpc) is 3.69. The topological polar surface area (TPSA) is 142 Å². The van der Waals surface area contributed by atoms with E-state index in [1.165, 1.54) is 23.5 Å². The first-order valence-corrected chi connectivity index (χ1v) is 12.5. The molecule has 0 radical (unpaired) electrons. The van der Waals surface area contributed by atoms with Gasteiger partial charge in [-0.15, -0.1) is 11.3 Å². The van der Waals surface area contributed by atoms with Crippen LogP contribution in [0.4, 0.5) is 5.69 Å². The molecule has 4 heterocycles. The SMILES string of the molecule is CCOC(=O)c1cc(-c2csc(C3CCN(C(=O)c4ccc(-c5ccccc5[N+](=O)[O-])o4)CC3)n2)on1. The van der Waals surface area contributed by atoms with E-state index in [0.717, 1.165) is 17.8 Å². The number of benzene rings is 1. The molecule has 1 fully saturated rings. The zero-order valence-corrected chi connectivity index (χ0v) is 20.6. The molecule has 0 unspecified atom stereocenters. The lowest BCUT2D eigenvalue weighted by Crippen LogP contribution is -2.37. The number of likely N-dealkylation sites (tertiary alicyclic amines) is 1.